The zero-order chi connectivity index (χ0) is 17.8. The van der Waals surface area contributed by atoms with Crippen LogP contribution in [-0.4, -0.2) is 16.4 Å². The van der Waals surface area contributed by atoms with Crippen LogP contribution >= 0.6 is 11.3 Å². The van der Waals surface area contributed by atoms with Crippen LogP contribution in [0.25, 0.3) is 10.2 Å². The first-order chi connectivity index (χ1) is 12.6. The van der Waals surface area contributed by atoms with Gasteiger partial charge in [-0.3, -0.25) is 0 Å². The van der Waals surface area contributed by atoms with Gasteiger partial charge in [-0.05, 0) is 30.5 Å². The first-order valence-corrected chi connectivity index (χ1v) is 9.23. The van der Waals surface area contributed by atoms with Crippen molar-refractivity contribution in [3.63, 3.8) is 0 Å². The van der Waals surface area contributed by atoms with Crippen LogP contribution < -0.4 is 4.90 Å². The normalized spacial score (nSPS) is 19.3. The number of thiazole rings is 1. The predicted molar refractivity (Wildman–Crippen MR) is 95.2 cm³/mol. The van der Waals surface area contributed by atoms with Gasteiger partial charge in [0.1, 0.15) is 12.0 Å². The Morgan fingerprint density at radius 2 is 2.00 bits per heavy atom. The molecule has 0 N–H and O–H groups in total. The Kier molecular flexibility index (Phi) is 3.46. The number of aromatic nitrogens is 1. The highest BCUT2D eigenvalue weighted by atomic mass is 32.1. The summed E-state index contributed by atoms with van der Waals surface area (Å²) in [6.45, 7) is 0.827. The summed E-state index contributed by atoms with van der Waals surface area (Å²) in [5.41, 5.74) is 4.60. The number of anilines is 1. The van der Waals surface area contributed by atoms with Crippen LogP contribution in [0.4, 0.5) is 18.9 Å². The number of hydrogen-bond acceptors (Lipinski definition) is 4. The van der Waals surface area contributed by atoms with Gasteiger partial charge in [0.25, 0.3) is 0 Å². The number of allylic oxidation sites excluding steroid dienone is 1. The lowest BCUT2D eigenvalue weighted by Gasteiger charge is -2.32. The van der Waals surface area contributed by atoms with Crippen molar-refractivity contribution >= 4 is 27.2 Å². The van der Waals surface area contributed by atoms with Crippen molar-refractivity contribution in [1.82, 2.24) is 9.88 Å². The van der Waals surface area contributed by atoms with E-state index in [1.807, 2.05) is 24.4 Å². The third-order valence-corrected chi connectivity index (χ3v) is 5.74. The molecule has 7 heteroatoms. The average molecular weight is 373 g/mol. The van der Waals surface area contributed by atoms with E-state index in [-0.39, 0.29) is 11.9 Å². The number of benzene rings is 2. The summed E-state index contributed by atoms with van der Waals surface area (Å²) < 4.78 is 43.1. The van der Waals surface area contributed by atoms with Gasteiger partial charge in [0.15, 0.2) is 11.6 Å². The standard InChI is InChI=1S/C19H14F3N3S/c20-12-7-14(21)18(22)16(8-12)25-9-13-2-1-5-24(13)19(25)11-3-4-15-17(6-11)26-10-23-15/h3-4,6-10,19H,1-2,5H2. The second-order valence-corrected chi connectivity index (χ2v) is 7.38. The quantitative estimate of drug-likeness (QED) is 0.578. The fourth-order valence-electron chi connectivity index (χ4n) is 3.82. The molecule has 0 saturated carbocycles. The van der Waals surface area contributed by atoms with Crippen molar-refractivity contribution in [1.29, 1.82) is 0 Å². The number of hydrogen-bond donors (Lipinski definition) is 0. The zero-order valence-corrected chi connectivity index (χ0v) is 14.4. The molecule has 1 unspecified atom stereocenters. The van der Waals surface area contributed by atoms with Crippen molar-refractivity contribution < 1.29 is 13.2 Å². The first kappa shape index (κ1) is 15.7. The lowest BCUT2D eigenvalue weighted by molar-refractivity contribution is 0.317. The largest absolute Gasteiger partial charge is 0.349 e. The molecule has 3 nitrogen and oxygen atoms in total. The fourth-order valence-corrected chi connectivity index (χ4v) is 4.55. The number of halogens is 3. The first-order valence-electron chi connectivity index (χ1n) is 8.35. The summed E-state index contributed by atoms with van der Waals surface area (Å²) in [6, 6.07) is 7.52. The third kappa shape index (κ3) is 2.30. The molecular formula is C19H14F3N3S. The maximum absolute atomic E-state index is 14.5. The molecule has 0 spiro atoms. The Morgan fingerprint density at radius 1 is 1.12 bits per heavy atom. The molecule has 132 valence electrons. The van der Waals surface area contributed by atoms with E-state index in [2.05, 4.69) is 9.88 Å². The molecule has 0 bridgehead atoms. The summed E-state index contributed by atoms with van der Waals surface area (Å²) in [5.74, 6) is -3.00. The summed E-state index contributed by atoms with van der Waals surface area (Å²) >= 11 is 1.53. The molecular weight excluding hydrogens is 359 g/mol. The molecule has 2 aliphatic heterocycles. The van der Waals surface area contributed by atoms with E-state index in [0.29, 0.717) is 6.07 Å². The van der Waals surface area contributed by atoms with Crippen LogP contribution in [-0.2, 0) is 0 Å². The molecule has 0 radical (unpaired) electrons. The predicted octanol–water partition coefficient (Wildman–Crippen LogP) is 5.17. The van der Waals surface area contributed by atoms with E-state index in [0.717, 1.165) is 46.9 Å². The topological polar surface area (TPSA) is 19.4 Å². The van der Waals surface area contributed by atoms with Crippen LogP contribution in [0.15, 0.2) is 47.7 Å². The van der Waals surface area contributed by atoms with Crippen molar-refractivity contribution in [2.75, 3.05) is 11.4 Å². The molecule has 1 aromatic heterocycles. The van der Waals surface area contributed by atoms with Gasteiger partial charge in [-0.1, -0.05) is 6.07 Å². The SMILES string of the molecule is Fc1cc(F)c(F)c(N2C=C3CCCN3C2c2ccc3ncsc3c2)c1. The molecule has 0 aliphatic carbocycles. The van der Waals surface area contributed by atoms with Crippen LogP contribution in [0.5, 0.6) is 0 Å². The highest BCUT2D eigenvalue weighted by Crippen LogP contribution is 2.44. The van der Waals surface area contributed by atoms with Gasteiger partial charge in [-0.2, -0.15) is 0 Å². The molecule has 2 aliphatic rings. The number of rotatable bonds is 2. The summed E-state index contributed by atoms with van der Waals surface area (Å²) in [5, 5.41) is 0. The number of nitrogens with zero attached hydrogens (tertiary/aromatic N) is 3. The summed E-state index contributed by atoms with van der Waals surface area (Å²) in [6.07, 6.45) is 3.37. The Hall–Kier alpha value is -2.54. The molecule has 3 heterocycles. The molecule has 5 rings (SSSR count). The molecule has 3 aromatic rings. The van der Waals surface area contributed by atoms with Crippen molar-refractivity contribution in [3.8, 4) is 0 Å². The van der Waals surface area contributed by atoms with Gasteiger partial charge in [-0.25, -0.2) is 18.2 Å². The molecule has 2 aromatic carbocycles. The lowest BCUT2D eigenvalue weighted by Crippen LogP contribution is -2.31. The van der Waals surface area contributed by atoms with E-state index < -0.39 is 17.5 Å². The summed E-state index contributed by atoms with van der Waals surface area (Å²) in [7, 11) is 0. The van der Waals surface area contributed by atoms with Gasteiger partial charge in [0.05, 0.1) is 21.4 Å². The molecule has 1 fully saturated rings. The smallest absolute Gasteiger partial charge is 0.182 e. The molecule has 26 heavy (non-hydrogen) atoms. The maximum Gasteiger partial charge on any atom is 0.182 e. The molecule has 1 saturated heterocycles. The summed E-state index contributed by atoms with van der Waals surface area (Å²) in [4.78, 5) is 8.09. The second kappa shape index (κ2) is 5.74. The van der Waals surface area contributed by atoms with E-state index >= 15 is 0 Å². The highest BCUT2D eigenvalue weighted by Gasteiger charge is 2.38. The van der Waals surface area contributed by atoms with E-state index in [4.69, 9.17) is 0 Å². The Morgan fingerprint density at radius 3 is 2.88 bits per heavy atom. The Balaban J connectivity index is 1.66. The Labute approximate surface area is 152 Å². The van der Waals surface area contributed by atoms with Crippen molar-refractivity contribution in [3.05, 3.63) is 70.8 Å². The maximum atomic E-state index is 14.5. The second-order valence-electron chi connectivity index (χ2n) is 6.50. The fraction of sp³-hybridized carbons (Fsp3) is 0.211. The minimum absolute atomic E-state index is 0.0844. The average Bonchev–Trinajstić information content (AvgIpc) is 3.32. The number of fused-ring (bicyclic) bond motifs is 2. The van der Waals surface area contributed by atoms with Gasteiger partial charge in [-0.15, -0.1) is 11.3 Å². The molecule has 0 amide bonds. The van der Waals surface area contributed by atoms with Gasteiger partial charge < -0.3 is 9.80 Å². The Bertz CT molecular complexity index is 1050. The monoisotopic (exact) mass is 373 g/mol. The minimum Gasteiger partial charge on any atom is -0.349 e. The lowest BCUT2D eigenvalue weighted by atomic mass is 10.1. The third-order valence-electron chi connectivity index (χ3n) is 4.95. The van der Waals surface area contributed by atoms with Crippen molar-refractivity contribution in [2.45, 2.75) is 19.0 Å². The van der Waals surface area contributed by atoms with Gasteiger partial charge in [0, 0.05) is 30.6 Å². The van der Waals surface area contributed by atoms with Crippen LogP contribution in [0, 0.1) is 17.5 Å². The van der Waals surface area contributed by atoms with Crippen LogP contribution in [0.1, 0.15) is 24.6 Å². The van der Waals surface area contributed by atoms with Gasteiger partial charge >= 0.3 is 0 Å². The van der Waals surface area contributed by atoms with Crippen LogP contribution in [0.3, 0.4) is 0 Å². The zero-order valence-electron chi connectivity index (χ0n) is 13.6. The highest BCUT2D eigenvalue weighted by molar-refractivity contribution is 7.16. The minimum atomic E-state index is -1.18. The van der Waals surface area contributed by atoms with E-state index in [1.165, 1.54) is 11.3 Å². The van der Waals surface area contributed by atoms with Crippen molar-refractivity contribution in [2.24, 2.45) is 0 Å². The van der Waals surface area contributed by atoms with E-state index in [9.17, 15) is 13.2 Å². The molecule has 1 atom stereocenters. The van der Waals surface area contributed by atoms with Gasteiger partial charge in [0.2, 0.25) is 0 Å². The van der Waals surface area contributed by atoms with Crippen LogP contribution in [0.2, 0.25) is 0 Å². The van der Waals surface area contributed by atoms with E-state index in [1.54, 1.807) is 10.4 Å².